The highest BCUT2D eigenvalue weighted by Gasteiger charge is 2.15. The molecular formula is C19H32ClIN4O. The van der Waals surface area contributed by atoms with Crippen LogP contribution in [0.3, 0.4) is 0 Å². The van der Waals surface area contributed by atoms with Gasteiger partial charge in [0, 0.05) is 37.7 Å². The average molecular weight is 495 g/mol. The Labute approximate surface area is 179 Å². The highest BCUT2D eigenvalue weighted by atomic mass is 127. The number of aliphatic hydroxyl groups is 1. The lowest BCUT2D eigenvalue weighted by Crippen LogP contribution is -2.39. The third kappa shape index (κ3) is 9.39. The van der Waals surface area contributed by atoms with Crippen molar-refractivity contribution in [1.29, 1.82) is 0 Å². The summed E-state index contributed by atoms with van der Waals surface area (Å²) < 4.78 is 0. The smallest absolute Gasteiger partial charge is 0.191 e. The van der Waals surface area contributed by atoms with E-state index in [1.807, 2.05) is 12.1 Å². The second-order valence-corrected chi connectivity index (χ2v) is 6.93. The first-order chi connectivity index (χ1) is 12.2. The first-order valence-electron chi connectivity index (χ1n) is 9.34. The second kappa shape index (κ2) is 13.6. The molecule has 1 aliphatic heterocycles. The predicted molar refractivity (Wildman–Crippen MR) is 121 cm³/mol. The minimum Gasteiger partial charge on any atom is -0.393 e. The lowest BCUT2D eigenvalue weighted by Gasteiger charge is -2.29. The second-order valence-electron chi connectivity index (χ2n) is 6.49. The maximum absolute atomic E-state index is 9.54. The standard InChI is InChI=1S/C19H31ClN4O.HI/c1-2-21-19(23-12-8-16-4-6-17(20)7-5-16)22-11-3-13-24-14-9-18(25)10-15-24;/h4-7,18,25H,2-3,8-15H2,1H3,(H2,21,22,23);1H. The summed E-state index contributed by atoms with van der Waals surface area (Å²) in [5.74, 6) is 0.880. The van der Waals surface area contributed by atoms with Gasteiger partial charge in [-0.15, -0.1) is 24.0 Å². The largest absolute Gasteiger partial charge is 0.393 e. The third-order valence-electron chi connectivity index (χ3n) is 4.42. The maximum Gasteiger partial charge on any atom is 0.191 e. The highest BCUT2D eigenvalue weighted by Crippen LogP contribution is 2.10. The fourth-order valence-electron chi connectivity index (χ4n) is 2.95. The van der Waals surface area contributed by atoms with Crippen LogP contribution in [0.1, 0.15) is 31.7 Å². The average Bonchev–Trinajstić information content (AvgIpc) is 2.62. The van der Waals surface area contributed by atoms with E-state index in [0.29, 0.717) is 0 Å². The van der Waals surface area contributed by atoms with E-state index in [2.05, 4.69) is 39.6 Å². The Morgan fingerprint density at radius 2 is 1.92 bits per heavy atom. The molecule has 0 unspecified atom stereocenters. The summed E-state index contributed by atoms with van der Waals surface area (Å²) in [6.45, 7) is 7.66. The van der Waals surface area contributed by atoms with Gasteiger partial charge in [-0.2, -0.15) is 0 Å². The number of benzene rings is 1. The van der Waals surface area contributed by atoms with Gasteiger partial charge in [-0.1, -0.05) is 23.7 Å². The molecule has 5 nitrogen and oxygen atoms in total. The number of nitrogens with zero attached hydrogens (tertiary/aromatic N) is 2. The van der Waals surface area contributed by atoms with Gasteiger partial charge in [0.05, 0.1) is 6.10 Å². The van der Waals surface area contributed by atoms with E-state index in [1.165, 1.54) is 5.56 Å². The van der Waals surface area contributed by atoms with Crippen LogP contribution in [0.2, 0.25) is 5.02 Å². The van der Waals surface area contributed by atoms with Gasteiger partial charge in [0.15, 0.2) is 5.96 Å². The van der Waals surface area contributed by atoms with Crippen LogP contribution in [0.5, 0.6) is 0 Å². The molecule has 26 heavy (non-hydrogen) atoms. The van der Waals surface area contributed by atoms with E-state index in [1.54, 1.807) is 0 Å². The molecule has 0 spiro atoms. The van der Waals surface area contributed by atoms with Crippen LogP contribution in [0.15, 0.2) is 29.3 Å². The first-order valence-corrected chi connectivity index (χ1v) is 9.72. The topological polar surface area (TPSA) is 59.9 Å². The number of halogens is 2. The molecule has 2 rings (SSSR count). The summed E-state index contributed by atoms with van der Waals surface area (Å²) in [5.41, 5.74) is 1.26. The molecule has 148 valence electrons. The van der Waals surface area contributed by atoms with Crippen molar-refractivity contribution in [3.8, 4) is 0 Å². The minimum absolute atomic E-state index is 0. The monoisotopic (exact) mass is 494 g/mol. The van der Waals surface area contributed by atoms with Crippen LogP contribution < -0.4 is 10.6 Å². The summed E-state index contributed by atoms with van der Waals surface area (Å²) in [5, 5.41) is 17.0. The number of rotatable bonds is 8. The van der Waals surface area contributed by atoms with Gasteiger partial charge in [-0.25, -0.2) is 0 Å². The van der Waals surface area contributed by atoms with Gasteiger partial charge in [-0.05, 0) is 56.8 Å². The van der Waals surface area contributed by atoms with Crippen LogP contribution in [-0.4, -0.2) is 61.3 Å². The zero-order valence-electron chi connectivity index (χ0n) is 15.6. The number of nitrogens with one attached hydrogen (secondary N) is 2. The molecule has 1 aromatic rings. The van der Waals surface area contributed by atoms with Crippen LogP contribution in [0.25, 0.3) is 0 Å². The fourth-order valence-corrected chi connectivity index (χ4v) is 3.07. The van der Waals surface area contributed by atoms with Crippen molar-refractivity contribution in [2.24, 2.45) is 4.99 Å². The van der Waals surface area contributed by atoms with Gasteiger partial charge in [-0.3, -0.25) is 4.99 Å². The van der Waals surface area contributed by atoms with Gasteiger partial charge in [0.1, 0.15) is 0 Å². The number of guanidine groups is 1. The molecular weight excluding hydrogens is 463 g/mol. The summed E-state index contributed by atoms with van der Waals surface area (Å²) in [7, 11) is 0. The minimum atomic E-state index is -0.0977. The zero-order chi connectivity index (χ0) is 17.9. The Balaban J connectivity index is 0.00000338. The zero-order valence-corrected chi connectivity index (χ0v) is 18.7. The molecule has 0 atom stereocenters. The Hall–Kier alpha value is -0.570. The predicted octanol–water partition coefficient (Wildman–Crippen LogP) is 2.90. The van der Waals surface area contributed by atoms with Crippen molar-refractivity contribution in [1.82, 2.24) is 15.5 Å². The van der Waals surface area contributed by atoms with E-state index in [9.17, 15) is 5.11 Å². The molecule has 7 heteroatoms. The summed E-state index contributed by atoms with van der Waals surface area (Å²) in [4.78, 5) is 7.08. The first kappa shape index (κ1) is 23.5. The number of likely N-dealkylation sites (tertiary alicyclic amines) is 1. The van der Waals surface area contributed by atoms with Crippen molar-refractivity contribution in [2.45, 2.75) is 38.7 Å². The lowest BCUT2D eigenvalue weighted by atomic mass is 10.1. The number of hydrogen-bond donors (Lipinski definition) is 3. The molecule has 0 aliphatic carbocycles. The Kier molecular flexibility index (Phi) is 12.3. The van der Waals surface area contributed by atoms with E-state index < -0.39 is 0 Å². The molecule has 0 saturated carbocycles. The highest BCUT2D eigenvalue weighted by molar-refractivity contribution is 14.0. The van der Waals surface area contributed by atoms with Gasteiger partial charge in [0.25, 0.3) is 0 Å². The third-order valence-corrected chi connectivity index (χ3v) is 4.68. The van der Waals surface area contributed by atoms with Gasteiger partial charge < -0.3 is 20.6 Å². The lowest BCUT2D eigenvalue weighted by molar-refractivity contribution is 0.0824. The Morgan fingerprint density at radius 1 is 1.23 bits per heavy atom. The molecule has 0 aromatic heterocycles. The van der Waals surface area contributed by atoms with Crippen molar-refractivity contribution >= 4 is 41.5 Å². The van der Waals surface area contributed by atoms with Crippen molar-refractivity contribution < 1.29 is 5.11 Å². The summed E-state index contributed by atoms with van der Waals surface area (Å²) in [6.07, 6.45) is 3.69. The normalized spacial score (nSPS) is 16.2. The number of aliphatic hydroxyl groups excluding tert-OH is 1. The van der Waals surface area contributed by atoms with E-state index in [-0.39, 0.29) is 30.1 Å². The van der Waals surface area contributed by atoms with Gasteiger partial charge in [0.2, 0.25) is 0 Å². The van der Waals surface area contributed by atoms with Crippen LogP contribution in [0.4, 0.5) is 0 Å². The van der Waals surface area contributed by atoms with Crippen molar-refractivity contribution in [3.63, 3.8) is 0 Å². The van der Waals surface area contributed by atoms with Crippen LogP contribution in [0, 0.1) is 0 Å². The molecule has 1 aliphatic rings. The molecule has 1 saturated heterocycles. The van der Waals surface area contributed by atoms with Crippen molar-refractivity contribution in [2.75, 3.05) is 39.3 Å². The summed E-state index contributed by atoms with van der Waals surface area (Å²) in [6, 6.07) is 7.97. The molecule has 0 amide bonds. The molecule has 0 bridgehead atoms. The summed E-state index contributed by atoms with van der Waals surface area (Å²) >= 11 is 5.91. The van der Waals surface area contributed by atoms with E-state index in [0.717, 1.165) is 75.9 Å². The molecule has 1 heterocycles. The molecule has 1 aromatic carbocycles. The SMILES string of the molecule is CCNC(=NCCCN1CCC(O)CC1)NCCc1ccc(Cl)cc1.I. The molecule has 3 N–H and O–H groups in total. The fraction of sp³-hybridized carbons (Fsp3) is 0.632. The number of piperidine rings is 1. The Morgan fingerprint density at radius 3 is 2.58 bits per heavy atom. The van der Waals surface area contributed by atoms with Gasteiger partial charge >= 0.3 is 0 Å². The van der Waals surface area contributed by atoms with E-state index >= 15 is 0 Å². The van der Waals surface area contributed by atoms with Crippen molar-refractivity contribution in [3.05, 3.63) is 34.9 Å². The maximum atomic E-state index is 9.54. The van der Waals surface area contributed by atoms with Crippen LogP contribution in [-0.2, 0) is 6.42 Å². The van der Waals surface area contributed by atoms with E-state index in [4.69, 9.17) is 11.6 Å². The molecule has 0 radical (unpaired) electrons. The van der Waals surface area contributed by atoms with Crippen LogP contribution >= 0.6 is 35.6 Å². The molecule has 1 fully saturated rings. The number of hydrogen-bond acceptors (Lipinski definition) is 3. The quantitative estimate of drug-likeness (QED) is 0.225. The Bertz CT molecular complexity index is 519. The number of aliphatic imine (C=N–C) groups is 1.